The van der Waals surface area contributed by atoms with E-state index in [1.807, 2.05) is 19.2 Å². The lowest BCUT2D eigenvalue weighted by Crippen LogP contribution is -2.29. The van der Waals surface area contributed by atoms with Gasteiger partial charge in [-0.2, -0.15) is 0 Å². The minimum absolute atomic E-state index is 0.339. The van der Waals surface area contributed by atoms with Crippen LogP contribution in [0.25, 0.3) is 0 Å². The van der Waals surface area contributed by atoms with Crippen molar-refractivity contribution in [1.29, 1.82) is 0 Å². The topological polar surface area (TPSA) is 46.2 Å². The van der Waals surface area contributed by atoms with Gasteiger partial charge in [0, 0.05) is 37.6 Å². The highest BCUT2D eigenvalue weighted by atomic mass is 16.5. The lowest BCUT2D eigenvalue weighted by molar-refractivity contribution is 0.0996. The van der Waals surface area contributed by atoms with E-state index >= 15 is 0 Å². The second-order valence-corrected chi connectivity index (χ2v) is 4.16. The maximum atomic E-state index is 5.65. The Hall–Kier alpha value is -1.29. The molecule has 1 aromatic heterocycles. The second kappa shape index (κ2) is 5.16. The highest BCUT2D eigenvalue weighted by molar-refractivity contribution is 5.52. The molecule has 1 aromatic rings. The lowest BCUT2D eigenvalue weighted by atomic mass is 10.1. The first kappa shape index (κ1) is 11.2. The van der Waals surface area contributed by atoms with Gasteiger partial charge in [0.05, 0.1) is 6.10 Å². The maximum Gasteiger partial charge on any atom is 0.127 e. The van der Waals surface area contributed by atoms with Crippen LogP contribution >= 0.6 is 0 Å². The Kier molecular flexibility index (Phi) is 3.62. The first-order valence-electron chi connectivity index (χ1n) is 5.81. The molecule has 4 nitrogen and oxygen atoms in total. The van der Waals surface area contributed by atoms with Crippen LogP contribution in [0.1, 0.15) is 19.8 Å². The third-order valence-electron chi connectivity index (χ3n) is 2.93. The van der Waals surface area contributed by atoms with Crippen LogP contribution in [0.2, 0.25) is 0 Å². The predicted octanol–water partition coefficient (Wildman–Crippen LogP) is 2.10. The van der Waals surface area contributed by atoms with Crippen molar-refractivity contribution in [3.8, 4) is 0 Å². The predicted molar refractivity (Wildman–Crippen MR) is 65.8 cm³/mol. The zero-order valence-corrected chi connectivity index (χ0v) is 9.86. The van der Waals surface area contributed by atoms with E-state index in [-0.39, 0.29) is 0 Å². The molecule has 2 heterocycles. The first-order valence-corrected chi connectivity index (χ1v) is 5.81. The van der Waals surface area contributed by atoms with Gasteiger partial charge in [-0.25, -0.2) is 4.98 Å². The van der Waals surface area contributed by atoms with Crippen molar-refractivity contribution >= 4 is 11.5 Å². The molecule has 2 atom stereocenters. The van der Waals surface area contributed by atoms with Crippen LogP contribution in [0.3, 0.4) is 0 Å². The molecule has 0 saturated carbocycles. The van der Waals surface area contributed by atoms with Crippen molar-refractivity contribution in [3.63, 3.8) is 0 Å². The molecule has 4 heteroatoms. The first-order chi connectivity index (χ1) is 7.79. The normalized spacial score (nSPS) is 21.8. The molecular formula is C12H19N3O. The number of hydrogen-bond donors (Lipinski definition) is 2. The summed E-state index contributed by atoms with van der Waals surface area (Å²) in [4.78, 5) is 4.18. The minimum atomic E-state index is 0.339. The maximum absolute atomic E-state index is 5.65. The summed E-state index contributed by atoms with van der Waals surface area (Å²) in [6, 6.07) is 4.33. The zero-order chi connectivity index (χ0) is 11.4. The molecule has 2 rings (SSSR count). The Morgan fingerprint density at radius 1 is 1.56 bits per heavy atom. The van der Waals surface area contributed by atoms with Gasteiger partial charge >= 0.3 is 0 Å². The van der Waals surface area contributed by atoms with Crippen molar-refractivity contribution in [2.45, 2.75) is 31.9 Å². The molecule has 0 spiro atoms. The quantitative estimate of drug-likeness (QED) is 0.817. The van der Waals surface area contributed by atoms with E-state index in [2.05, 4.69) is 22.5 Å². The van der Waals surface area contributed by atoms with E-state index in [1.165, 1.54) is 6.42 Å². The fourth-order valence-corrected chi connectivity index (χ4v) is 2.01. The van der Waals surface area contributed by atoms with Gasteiger partial charge in [-0.1, -0.05) is 0 Å². The average molecular weight is 221 g/mol. The van der Waals surface area contributed by atoms with Crippen LogP contribution in [0.5, 0.6) is 0 Å². The van der Waals surface area contributed by atoms with E-state index in [0.717, 1.165) is 24.5 Å². The summed E-state index contributed by atoms with van der Waals surface area (Å²) in [5.74, 6) is 0.879. The van der Waals surface area contributed by atoms with Crippen molar-refractivity contribution < 1.29 is 4.74 Å². The smallest absolute Gasteiger partial charge is 0.127 e. The number of nitrogens with zero attached hydrogens (tertiary/aromatic N) is 1. The standard InChI is InChI=1S/C12H19N3O/c1-9(11-4-3-7-16-11)15-10-5-6-14-12(8-10)13-2/h5-6,8-9,11H,3-4,7H2,1-2H3,(H2,13,14,15). The van der Waals surface area contributed by atoms with E-state index in [1.54, 1.807) is 6.20 Å². The summed E-state index contributed by atoms with van der Waals surface area (Å²) in [5, 5.41) is 6.48. The number of aromatic nitrogens is 1. The van der Waals surface area contributed by atoms with Crippen LogP contribution in [-0.4, -0.2) is 30.8 Å². The lowest BCUT2D eigenvalue weighted by Gasteiger charge is -2.21. The van der Waals surface area contributed by atoms with Crippen molar-refractivity contribution in [2.24, 2.45) is 0 Å². The van der Waals surface area contributed by atoms with Gasteiger partial charge in [0.1, 0.15) is 5.82 Å². The Morgan fingerprint density at radius 3 is 3.12 bits per heavy atom. The van der Waals surface area contributed by atoms with Crippen molar-refractivity contribution in [1.82, 2.24) is 4.98 Å². The molecule has 0 aliphatic carbocycles. The van der Waals surface area contributed by atoms with Gasteiger partial charge in [-0.05, 0) is 25.8 Å². The van der Waals surface area contributed by atoms with Crippen molar-refractivity contribution in [2.75, 3.05) is 24.3 Å². The van der Waals surface area contributed by atoms with Crippen molar-refractivity contribution in [3.05, 3.63) is 18.3 Å². The molecule has 1 aliphatic rings. The molecule has 16 heavy (non-hydrogen) atoms. The Morgan fingerprint density at radius 2 is 2.44 bits per heavy atom. The molecule has 0 amide bonds. The molecule has 1 aliphatic heterocycles. The number of nitrogens with one attached hydrogen (secondary N) is 2. The van der Waals surface area contributed by atoms with Crippen LogP contribution in [-0.2, 0) is 4.74 Å². The molecule has 1 saturated heterocycles. The number of anilines is 2. The van der Waals surface area contributed by atoms with E-state index in [4.69, 9.17) is 4.74 Å². The summed E-state index contributed by atoms with van der Waals surface area (Å²) in [6.07, 6.45) is 4.47. The summed E-state index contributed by atoms with van der Waals surface area (Å²) in [7, 11) is 1.87. The number of pyridine rings is 1. The van der Waals surface area contributed by atoms with Gasteiger partial charge in [0.25, 0.3) is 0 Å². The molecule has 1 fully saturated rings. The molecule has 0 bridgehead atoms. The number of hydrogen-bond acceptors (Lipinski definition) is 4. The van der Waals surface area contributed by atoms with Gasteiger partial charge in [0.15, 0.2) is 0 Å². The van der Waals surface area contributed by atoms with Gasteiger partial charge in [-0.15, -0.1) is 0 Å². The monoisotopic (exact) mass is 221 g/mol. The molecule has 2 N–H and O–H groups in total. The van der Waals surface area contributed by atoms with Gasteiger partial charge in [-0.3, -0.25) is 0 Å². The summed E-state index contributed by atoms with van der Waals surface area (Å²) in [5.41, 5.74) is 1.09. The highest BCUT2D eigenvalue weighted by Gasteiger charge is 2.22. The van der Waals surface area contributed by atoms with Crippen LogP contribution < -0.4 is 10.6 Å². The third kappa shape index (κ3) is 2.64. The summed E-state index contributed by atoms with van der Waals surface area (Å²) >= 11 is 0. The summed E-state index contributed by atoms with van der Waals surface area (Å²) < 4.78 is 5.65. The SMILES string of the molecule is CNc1cc(NC(C)C2CCCO2)ccn1. The second-order valence-electron chi connectivity index (χ2n) is 4.16. The summed E-state index contributed by atoms with van der Waals surface area (Å²) in [6.45, 7) is 3.06. The van der Waals surface area contributed by atoms with Crippen LogP contribution in [0.15, 0.2) is 18.3 Å². The van der Waals surface area contributed by atoms with E-state index in [0.29, 0.717) is 12.1 Å². The minimum Gasteiger partial charge on any atom is -0.380 e. The fraction of sp³-hybridized carbons (Fsp3) is 0.583. The number of rotatable bonds is 4. The average Bonchev–Trinajstić information content (AvgIpc) is 2.83. The van der Waals surface area contributed by atoms with Gasteiger partial charge < -0.3 is 15.4 Å². The molecule has 2 unspecified atom stereocenters. The highest BCUT2D eigenvalue weighted by Crippen LogP contribution is 2.19. The van der Waals surface area contributed by atoms with Crippen LogP contribution in [0.4, 0.5) is 11.5 Å². The molecule has 88 valence electrons. The molecule has 0 radical (unpaired) electrons. The Labute approximate surface area is 96.4 Å². The van der Waals surface area contributed by atoms with E-state index < -0.39 is 0 Å². The third-order valence-corrected chi connectivity index (χ3v) is 2.93. The van der Waals surface area contributed by atoms with E-state index in [9.17, 15) is 0 Å². The zero-order valence-electron chi connectivity index (χ0n) is 9.86. The Balaban J connectivity index is 1.96. The molecule has 0 aromatic carbocycles. The Bertz CT molecular complexity index is 337. The fourth-order valence-electron chi connectivity index (χ4n) is 2.01. The van der Waals surface area contributed by atoms with Crippen LogP contribution in [0, 0.1) is 0 Å². The number of ether oxygens (including phenoxy) is 1. The van der Waals surface area contributed by atoms with Gasteiger partial charge in [0.2, 0.25) is 0 Å². The largest absolute Gasteiger partial charge is 0.380 e. The molecular weight excluding hydrogens is 202 g/mol.